The minimum absolute atomic E-state index is 0.0690. The van der Waals surface area contributed by atoms with Gasteiger partial charge in [-0.3, -0.25) is 19.4 Å². The zero-order valence-corrected chi connectivity index (χ0v) is 8.14. The zero-order valence-electron chi connectivity index (χ0n) is 8.14. The first-order chi connectivity index (χ1) is 6.65. The Hall–Kier alpha value is -0.940. The van der Waals surface area contributed by atoms with Gasteiger partial charge in [-0.25, -0.2) is 0 Å². The minimum Gasteiger partial charge on any atom is -0.395 e. The molecule has 14 heavy (non-hydrogen) atoms. The Morgan fingerprint density at radius 2 is 1.79 bits per heavy atom. The summed E-state index contributed by atoms with van der Waals surface area (Å²) < 4.78 is 0. The maximum Gasteiger partial charge on any atom is 0.234 e. The van der Waals surface area contributed by atoms with Crippen molar-refractivity contribution in [2.75, 3.05) is 33.3 Å². The fourth-order valence-corrected chi connectivity index (χ4v) is 2.32. The van der Waals surface area contributed by atoms with Gasteiger partial charge in [0, 0.05) is 26.7 Å². The van der Waals surface area contributed by atoms with Crippen LogP contribution in [0.2, 0.25) is 0 Å². The number of imide groups is 1. The maximum atomic E-state index is 11.6. The molecule has 0 unspecified atom stereocenters. The van der Waals surface area contributed by atoms with E-state index in [1.807, 2.05) is 4.90 Å². The number of fused-ring (bicyclic) bond motifs is 1. The average Bonchev–Trinajstić information content (AvgIpc) is 2.65. The van der Waals surface area contributed by atoms with Crippen molar-refractivity contribution >= 4 is 11.8 Å². The molecule has 5 heteroatoms. The number of amides is 2. The number of carbonyl (C=O) groups excluding carboxylic acids is 2. The molecule has 2 aliphatic heterocycles. The highest BCUT2D eigenvalue weighted by Crippen LogP contribution is 2.31. The monoisotopic (exact) mass is 198 g/mol. The van der Waals surface area contributed by atoms with Gasteiger partial charge >= 0.3 is 0 Å². The highest BCUT2D eigenvalue weighted by atomic mass is 16.3. The summed E-state index contributed by atoms with van der Waals surface area (Å²) in [4.78, 5) is 26.3. The van der Waals surface area contributed by atoms with Crippen LogP contribution in [-0.4, -0.2) is 60.0 Å². The highest BCUT2D eigenvalue weighted by molar-refractivity contribution is 6.05. The van der Waals surface area contributed by atoms with Crippen molar-refractivity contribution in [2.24, 2.45) is 11.8 Å². The molecule has 2 saturated heterocycles. The fraction of sp³-hybridized carbons (Fsp3) is 0.778. The third kappa shape index (κ3) is 1.24. The first-order valence-corrected chi connectivity index (χ1v) is 4.79. The third-order valence-electron chi connectivity index (χ3n) is 3.11. The smallest absolute Gasteiger partial charge is 0.234 e. The third-order valence-corrected chi connectivity index (χ3v) is 3.11. The molecule has 2 heterocycles. The van der Waals surface area contributed by atoms with Crippen molar-refractivity contribution in [3.05, 3.63) is 0 Å². The molecule has 5 nitrogen and oxygen atoms in total. The molecule has 2 amide bonds. The van der Waals surface area contributed by atoms with Gasteiger partial charge in [-0.2, -0.15) is 0 Å². The number of hydrogen-bond acceptors (Lipinski definition) is 4. The summed E-state index contributed by atoms with van der Waals surface area (Å²) in [6, 6.07) is 0. The lowest BCUT2D eigenvalue weighted by Crippen LogP contribution is -2.34. The summed E-state index contributed by atoms with van der Waals surface area (Å²) in [5.74, 6) is -0.473. The lowest BCUT2D eigenvalue weighted by Gasteiger charge is -2.16. The number of likely N-dealkylation sites (tertiary alicyclic amines) is 2. The Morgan fingerprint density at radius 1 is 1.29 bits per heavy atom. The summed E-state index contributed by atoms with van der Waals surface area (Å²) in [5.41, 5.74) is 0. The number of aliphatic hydroxyl groups excluding tert-OH is 1. The Morgan fingerprint density at radius 3 is 2.21 bits per heavy atom. The van der Waals surface area contributed by atoms with Crippen LogP contribution in [0.3, 0.4) is 0 Å². The van der Waals surface area contributed by atoms with Crippen LogP contribution < -0.4 is 0 Å². The van der Waals surface area contributed by atoms with Crippen LogP contribution in [0, 0.1) is 11.8 Å². The molecule has 0 spiro atoms. The van der Waals surface area contributed by atoms with Crippen LogP contribution in [0.1, 0.15) is 0 Å². The Balaban J connectivity index is 2.09. The second-order valence-electron chi connectivity index (χ2n) is 3.93. The molecule has 0 aromatic carbocycles. The molecule has 0 radical (unpaired) electrons. The van der Waals surface area contributed by atoms with Gasteiger partial charge in [0.15, 0.2) is 0 Å². The Kier molecular flexibility index (Phi) is 2.28. The van der Waals surface area contributed by atoms with Crippen molar-refractivity contribution in [3.63, 3.8) is 0 Å². The number of nitrogens with zero attached hydrogens (tertiary/aromatic N) is 2. The van der Waals surface area contributed by atoms with Gasteiger partial charge in [0.1, 0.15) is 0 Å². The Labute approximate surface area is 82.3 Å². The van der Waals surface area contributed by atoms with E-state index in [0.717, 1.165) is 0 Å². The van der Waals surface area contributed by atoms with Crippen LogP contribution in [0.25, 0.3) is 0 Å². The predicted molar refractivity (Wildman–Crippen MR) is 48.3 cm³/mol. The van der Waals surface area contributed by atoms with Gasteiger partial charge in [-0.1, -0.05) is 0 Å². The normalized spacial score (nSPS) is 32.9. The topological polar surface area (TPSA) is 60.9 Å². The first-order valence-electron chi connectivity index (χ1n) is 4.79. The van der Waals surface area contributed by atoms with Crippen molar-refractivity contribution in [3.8, 4) is 0 Å². The van der Waals surface area contributed by atoms with Gasteiger partial charge in [0.05, 0.1) is 18.4 Å². The van der Waals surface area contributed by atoms with Gasteiger partial charge in [0.25, 0.3) is 0 Å². The summed E-state index contributed by atoms with van der Waals surface area (Å²) in [6.45, 7) is 1.86. The molecule has 2 aliphatic rings. The number of aliphatic hydroxyl groups is 1. The first kappa shape index (κ1) is 9.61. The fourth-order valence-electron chi connectivity index (χ4n) is 2.32. The molecule has 2 rings (SSSR count). The van der Waals surface area contributed by atoms with Crippen molar-refractivity contribution < 1.29 is 14.7 Å². The molecule has 78 valence electrons. The lowest BCUT2D eigenvalue weighted by atomic mass is 10.00. The zero-order chi connectivity index (χ0) is 10.3. The molecule has 0 bridgehead atoms. The molecule has 0 aliphatic carbocycles. The molecular weight excluding hydrogens is 184 g/mol. The summed E-state index contributed by atoms with van der Waals surface area (Å²) in [6.07, 6.45) is 0. The molecule has 2 fully saturated rings. The summed E-state index contributed by atoms with van der Waals surface area (Å²) in [7, 11) is 1.54. The van der Waals surface area contributed by atoms with E-state index in [1.165, 1.54) is 4.90 Å². The van der Waals surface area contributed by atoms with E-state index >= 15 is 0 Å². The molecule has 1 N–H and O–H groups in total. The van der Waals surface area contributed by atoms with Crippen molar-refractivity contribution in [2.45, 2.75) is 0 Å². The molecule has 0 aromatic heterocycles. The summed E-state index contributed by atoms with van der Waals surface area (Å²) >= 11 is 0. The van der Waals surface area contributed by atoms with E-state index in [1.54, 1.807) is 7.05 Å². The standard InChI is InChI=1S/C9H14N2O3/c1-10-8(13)6-4-11(2-3-12)5-7(6)9(10)14/h6-7,12H,2-5H2,1H3/t6-,7-/m0/s1. The van der Waals surface area contributed by atoms with Gasteiger partial charge < -0.3 is 5.11 Å². The largest absolute Gasteiger partial charge is 0.395 e. The second-order valence-corrected chi connectivity index (χ2v) is 3.93. The Bertz CT molecular complexity index is 255. The van der Waals surface area contributed by atoms with Crippen molar-refractivity contribution in [1.82, 2.24) is 9.80 Å². The van der Waals surface area contributed by atoms with Gasteiger partial charge in [-0.05, 0) is 0 Å². The molecule has 0 saturated carbocycles. The van der Waals surface area contributed by atoms with Gasteiger partial charge in [0.2, 0.25) is 11.8 Å². The van der Waals surface area contributed by atoms with Crippen LogP contribution in [0.4, 0.5) is 0 Å². The predicted octanol–water partition coefficient (Wildman–Crippen LogP) is -1.47. The maximum absolute atomic E-state index is 11.6. The van der Waals surface area contributed by atoms with E-state index in [9.17, 15) is 9.59 Å². The number of rotatable bonds is 2. The van der Waals surface area contributed by atoms with E-state index < -0.39 is 0 Å². The van der Waals surface area contributed by atoms with E-state index in [2.05, 4.69) is 0 Å². The highest BCUT2D eigenvalue weighted by Gasteiger charge is 2.50. The van der Waals surface area contributed by atoms with Crippen LogP contribution in [-0.2, 0) is 9.59 Å². The number of carbonyl (C=O) groups is 2. The quantitative estimate of drug-likeness (QED) is 0.550. The SMILES string of the molecule is CN1C(=O)[C@H]2CN(CCO)C[C@@H]2C1=O. The van der Waals surface area contributed by atoms with Crippen LogP contribution in [0.15, 0.2) is 0 Å². The lowest BCUT2D eigenvalue weighted by molar-refractivity contribution is -0.138. The molecule has 2 atom stereocenters. The number of β-amino-alcohol motifs (C(OH)–C–C–N with tert-alkyl or cyclic N) is 1. The van der Waals surface area contributed by atoms with Crippen LogP contribution >= 0.6 is 0 Å². The molecule has 0 aromatic rings. The van der Waals surface area contributed by atoms with E-state index in [0.29, 0.717) is 19.6 Å². The second kappa shape index (κ2) is 3.33. The minimum atomic E-state index is -0.168. The van der Waals surface area contributed by atoms with Crippen molar-refractivity contribution in [1.29, 1.82) is 0 Å². The van der Waals surface area contributed by atoms with Crippen LogP contribution in [0.5, 0.6) is 0 Å². The van der Waals surface area contributed by atoms with E-state index in [4.69, 9.17) is 5.11 Å². The van der Waals surface area contributed by atoms with Gasteiger partial charge in [-0.15, -0.1) is 0 Å². The summed E-state index contributed by atoms with van der Waals surface area (Å²) in [5, 5.41) is 8.75. The molecular formula is C9H14N2O3. The number of hydrogen-bond donors (Lipinski definition) is 1. The average molecular weight is 198 g/mol. The van der Waals surface area contributed by atoms with E-state index in [-0.39, 0.29) is 30.3 Å².